The predicted octanol–water partition coefficient (Wildman–Crippen LogP) is -1.01. The average Bonchev–Trinajstić information content (AvgIpc) is 2.26. The second-order valence-electron chi connectivity index (χ2n) is 4.50. The van der Waals surface area contributed by atoms with E-state index in [0.717, 1.165) is 6.26 Å². The molecule has 0 radical (unpaired) electrons. The zero-order chi connectivity index (χ0) is 13.2. The fourth-order valence-electron chi connectivity index (χ4n) is 1.68. The molecule has 100 valence electrons. The quantitative estimate of drug-likeness (QED) is 0.706. The summed E-state index contributed by atoms with van der Waals surface area (Å²) in [4.78, 5) is 13.6. The number of morpholine rings is 1. The highest BCUT2D eigenvalue weighted by Gasteiger charge is 2.34. The highest BCUT2D eigenvalue weighted by Crippen LogP contribution is 2.14. The molecule has 3 unspecified atom stereocenters. The summed E-state index contributed by atoms with van der Waals surface area (Å²) < 4.78 is 28.2. The van der Waals surface area contributed by atoms with Crippen LogP contribution in [0.15, 0.2) is 0 Å². The predicted molar refractivity (Wildman–Crippen MR) is 64.3 cm³/mol. The van der Waals surface area contributed by atoms with E-state index in [1.54, 1.807) is 4.90 Å². The maximum absolute atomic E-state index is 12.1. The van der Waals surface area contributed by atoms with Gasteiger partial charge >= 0.3 is 0 Å². The minimum absolute atomic E-state index is 0.116. The van der Waals surface area contributed by atoms with E-state index in [4.69, 9.17) is 10.5 Å². The van der Waals surface area contributed by atoms with Gasteiger partial charge in [0.25, 0.3) is 0 Å². The zero-order valence-electron chi connectivity index (χ0n) is 10.4. The van der Waals surface area contributed by atoms with E-state index in [-0.39, 0.29) is 18.1 Å². The van der Waals surface area contributed by atoms with E-state index in [2.05, 4.69) is 0 Å². The molecule has 0 aromatic heterocycles. The van der Waals surface area contributed by atoms with Crippen LogP contribution in [-0.4, -0.2) is 62.6 Å². The molecule has 3 atom stereocenters. The molecule has 0 aliphatic carbocycles. The fourth-order valence-corrected chi connectivity index (χ4v) is 2.19. The minimum Gasteiger partial charge on any atom is -0.373 e. The zero-order valence-corrected chi connectivity index (χ0v) is 11.2. The van der Waals surface area contributed by atoms with Crippen LogP contribution in [-0.2, 0) is 19.4 Å². The molecular weight excluding hydrogens is 244 g/mol. The van der Waals surface area contributed by atoms with Crippen molar-refractivity contribution in [1.29, 1.82) is 0 Å². The van der Waals surface area contributed by atoms with E-state index >= 15 is 0 Å². The lowest BCUT2D eigenvalue weighted by atomic mass is 10.2. The molecule has 0 aromatic rings. The topological polar surface area (TPSA) is 89.7 Å². The van der Waals surface area contributed by atoms with E-state index in [9.17, 15) is 13.2 Å². The number of rotatable bonds is 3. The third kappa shape index (κ3) is 3.40. The average molecular weight is 264 g/mol. The number of ether oxygens (including phenoxy) is 1. The third-order valence-electron chi connectivity index (χ3n) is 3.04. The summed E-state index contributed by atoms with van der Waals surface area (Å²) in [5, 5.41) is -1.01. The van der Waals surface area contributed by atoms with Gasteiger partial charge in [0.1, 0.15) is 5.25 Å². The maximum Gasteiger partial charge on any atom is 0.241 e. The fraction of sp³-hybridized carbons (Fsp3) is 0.900. The molecule has 0 aromatic carbocycles. The van der Waals surface area contributed by atoms with E-state index in [1.807, 2.05) is 6.92 Å². The van der Waals surface area contributed by atoms with E-state index in [0.29, 0.717) is 19.7 Å². The Morgan fingerprint density at radius 1 is 1.59 bits per heavy atom. The number of hydrogen-bond donors (Lipinski definition) is 1. The molecule has 17 heavy (non-hydrogen) atoms. The molecule has 1 amide bonds. The van der Waals surface area contributed by atoms with E-state index < -0.39 is 15.1 Å². The lowest BCUT2D eigenvalue weighted by molar-refractivity contribution is -0.142. The lowest BCUT2D eigenvalue weighted by Crippen LogP contribution is -2.55. The molecule has 1 aliphatic heterocycles. The number of sulfone groups is 1. The van der Waals surface area contributed by atoms with Gasteiger partial charge in [0.2, 0.25) is 5.91 Å². The summed E-state index contributed by atoms with van der Waals surface area (Å²) in [6.07, 6.45) is 0.864. The number of amides is 1. The van der Waals surface area contributed by atoms with Crippen molar-refractivity contribution in [3.8, 4) is 0 Å². The number of carbonyl (C=O) groups is 1. The van der Waals surface area contributed by atoms with Crippen LogP contribution in [0.5, 0.6) is 0 Å². The molecule has 2 N–H and O–H groups in total. The summed E-state index contributed by atoms with van der Waals surface area (Å²) in [6, 6.07) is -0.116. The minimum atomic E-state index is -3.36. The molecule has 0 spiro atoms. The standard InChI is InChI=1S/C10H20N2O4S/c1-7-6-16-9(4-11)5-12(7)10(13)8(2)17(3,14)15/h7-9H,4-6,11H2,1-3H3. The van der Waals surface area contributed by atoms with Crippen molar-refractivity contribution in [2.24, 2.45) is 5.73 Å². The van der Waals surface area contributed by atoms with Gasteiger partial charge in [0.05, 0.1) is 18.8 Å². The highest BCUT2D eigenvalue weighted by molar-refractivity contribution is 7.92. The Balaban J connectivity index is 2.80. The lowest BCUT2D eigenvalue weighted by Gasteiger charge is -2.38. The molecule has 0 bridgehead atoms. The van der Waals surface area contributed by atoms with Gasteiger partial charge in [-0.3, -0.25) is 4.79 Å². The Bertz CT molecular complexity index is 382. The number of nitrogens with two attached hydrogens (primary N) is 1. The molecule has 6 nitrogen and oxygen atoms in total. The maximum atomic E-state index is 12.1. The van der Waals surface area contributed by atoms with Crippen LogP contribution < -0.4 is 5.73 Å². The van der Waals surface area contributed by atoms with Gasteiger partial charge in [-0.15, -0.1) is 0 Å². The molecule has 1 fully saturated rings. The van der Waals surface area contributed by atoms with Crippen LogP contribution in [0.2, 0.25) is 0 Å². The monoisotopic (exact) mass is 264 g/mol. The molecule has 1 heterocycles. The van der Waals surface area contributed by atoms with E-state index in [1.165, 1.54) is 6.92 Å². The van der Waals surface area contributed by atoms with Crippen LogP contribution >= 0.6 is 0 Å². The summed E-state index contributed by atoms with van der Waals surface area (Å²) in [5.41, 5.74) is 5.49. The van der Waals surface area contributed by atoms with Crippen LogP contribution in [0.4, 0.5) is 0 Å². The van der Waals surface area contributed by atoms with Gasteiger partial charge in [-0.2, -0.15) is 0 Å². The van der Waals surface area contributed by atoms with Crippen LogP contribution in [0.3, 0.4) is 0 Å². The van der Waals surface area contributed by atoms with Crippen molar-refractivity contribution >= 4 is 15.7 Å². The van der Waals surface area contributed by atoms with Crippen LogP contribution in [0.25, 0.3) is 0 Å². The number of hydrogen-bond acceptors (Lipinski definition) is 5. The van der Waals surface area contributed by atoms with Gasteiger partial charge in [-0.25, -0.2) is 8.42 Å². The Labute approximate surface area is 102 Å². The Kier molecular flexibility index (Phi) is 4.51. The molecule has 7 heteroatoms. The Morgan fingerprint density at radius 2 is 2.18 bits per heavy atom. The van der Waals surface area contributed by atoms with Gasteiger partial charge in [0, 0.05) is 19.3 Å². The number of nitrogens with zero attached hydrogens (tertiary/aromatic N) is 1. The number of carbonyl (C=O) groups excluding carboxylic acids is 1. The molecule has 0 saturated carbocycles. The summed E-state index contributed by atoms with van der Waals surface area (Å²) >= 11 is 0. The van der Waals surface area contributed by atoms with Gasteiger partial charge in [0.15, 0.2) is 9.84 Å². The van der Waals surface area contributed by atoms with Crippen molar-refractivity contribution in [2.75, 3.05) is 26.0 Å². The second kappa shape index (κ2) is 5.32. The molecule has 1 rings (SSSR count). The van der Waals surface area contributed by atoms with Crippen molar-refractivity contribution in [2.45, 2.75) is 31.2 Å². The van der Waals surface area contributed by atoms with Crippen molar-refractivity contribution in [3.63, 3.8) is 0 Å². The van der Waals surface area contributed by atoms with Crippen LogP contribution in [0, 0.1) is 0 Å². The molecule has 1 aliphatic rings. The molecule has 1 saturated heterocycles. The van der Waals surface area contributed by atoms with Crippen molar-refractivity contribution in [1.82, 2.24) is 4.90 Å². The van der Waals surface area contributed by atoms with Crippen LogP contribution in [0.1, 0.15) is 13.8 Å². The Hall–Kier alpha value is -0.660. The highest BCUT2D eigenvalue weighted by atomic mass is 32.2. The first-order chi connectivity index (χ1) is 7.77. The second-order valence-corrected chi connectivity index (χ2v) is 6.87. The molecular formula is C10H20N2O4S. The van der Waals surface area contributed by atoms with Gasteiger partial charge in [-0.1, -0.05) is 0 Å². The largest absolute Gasteiger partial charge is 0.373 e. The summed E-state index contributed by atoms with van der Waals surface area (Å²) in [7, 11) is -3.36. The smallest absolute Gasteiger partial charge is 0.241 e. The SMILES string of the molecule is CC1COC(CN)CN1C(=O)C(C)S(C)(=O)=O. The summed E-state index contributed by atoms with van der Waals surface area (Å²) in [6.45, 7) is 4.32. The first kappa shape index (κ1) is 14.4. The first-order valence-electron chi connectivity index (χ1n) is 5.58. The Morgan fingerprint density at radius 3 is 2.65 bits per heavy atom. The van der Waals surface area contributed by atoms with Crippen molar-refractivity contribution < 1.29 is 17.9 Å². The first-order valence-corrected chi connectivity index (χ1v) is 7.53. The normalized spacial score (nSPS) is 27.9. The van der Waals surface area contributed by atoms with Gasteiger partial charge < -0.3 is 15.4 Å². The van der Waals surface area contributed by atoms with Gasteiger partial charge in [-0.05, 0) is 13.8 Å². The summed E-state index contributed by atoms with van der Waals surface area (Å²) in [5.74, 6) is -0.373. The third-order valence-corrected chi connectivity index (χ3v) is 4.53. The van der Waals surface area contributed by atoms with Crippen molar-refractivity contribution in [3.05, 3.63) is 0 Å².